The Bertz CT molecular complexity index is 529. The Labute approximate surface area is 97.5 Å². The minimum absolute atomic E-state index is 0.0609. The van der Waals surface area contributed by atoms with Crippen molar-refractivity contribution in [1.82, 2.24) is 4.98 Å². The molecule has 3 nitrogen and oxygen atoms in total. The Morgan fingerprint density at radius 2 is 1.82 bits per heavy atom. The van der Waals surface area contributed by atoms with Crippen LogP contribution in [0.2, 0.25) is 0 Å². The van der Waals surface area contributed by atoms with Gasteiger partial charge in [-0.1, -0.05) is 6.07 Å². The van der Waals surface area contributed by atoms with Gasteiger partial charge in [0.1, 0.15) is 23.3 Å². The number of halogens is 2. The van der Waals surface area contributed by atoms with E-state index in [-0.39, 0.29) is 5.69 Å². The minimum atomic E-state index is -0.525. The minimum Gasteiger partial charge on any atom is -0.373 e. The number of hydrogen-bond donors (Lipinski definition) is 2. The fraction of sp³-hybridized carbons (Fsp3) is 0.0833. The standard InChI is InChI=1S/C12H11F2N3/c1-15-11-3-2-4-12(17-11)16-10-7-8(13)5-6-9(10)14/h2-7H,1H3,(H2,15,16,17). The molecule has 5 heteroatoms. The number of aromatic nitrogens is 1. The predicted molar refractivity (Wildman–Crippen MR) is 63.4 cm³/mol. The van der Waals surface area contributed by atoms with Gasteiger partial charge in [-0.25, -0.2) is 13.8 Å². The molecule has 0 aliphatic rings. The summed E-state index contributed by atoms with van der Waals surface area (Å²) in [4.78, 5) is 4.15. The first kappa shape index (κ1) is 11.3. The third kappa shape index (κ3) is 2.69. The number of anilines is 3. The van der Waals surface area contributed by atoms with Gasteiger partial charge in [0, 0.05) is 13.1 Å². The van der Waals surface area contributed by atoms with Crippen LogP contribution in [0.4, 0.5) is 26.1 Å². The van der Waals surface area contributed by atoms with Gasteiger partial charge < -0.3 is 10.6 Å². The van der Waals surface area contributed by atoms with Gasteiger partial charge in [-0.05, 0) is 24.3 Å². The van der Waals surface area contributed by atoms with Crippen LogP contribution in [-0.2, 0) is 0 Å². The molecular formula is C12H11F2N3. The molecule has 17 heavy (non-hydrogen) atoms. The molecule has 0 amide bonds. The van der Waals surface area contributed by atoms with Crippen molar-refractivity contribution in [2.75, 3.05) is 17.7 Å². The van der Waals surface area contributed by atoms with Crippen LogP contribution < -0.4 is 10.6 Å². The summed E-state index contributed by atoms with van der Waals surface area (Å²) in [7, 11) is 1.73. The number of benzene rings is 1. The smallest absolute Gasteiger partial charge is 0.146 e. The molecule has 0 unspecified atom stereocenters. The molecule has 0 saturated heterocycles. The molecule has 0 bridgehead atoms. The van der Waals surface area contributed by atoms with Crippen LogP contribution in [0.15, 0.2) is 36.4 Å². The third-order valence-electron chi connectivity index (χ3n) is 2.20. The summed E-state index contributed by atoms with van der Waals surface area (Å²) < 4.78 is 26.3. The van der Waals surface area contributed by atoms with E-state index in [4.69, 9.17) is 0 Å². The molecule has 0 aliphatic carbocycles. The summed E-state index contributed by atoms with van der Waals surface area (Å²) in [6.45, 7) is 0. The average molecular weight is 235 g/mol. The second kappa shape index (κ2) is 4.78. The zero-order valence-corrected chi connectivity index (χ0v) is 9.17. The summed E-state index contributed by atoms with van der Waals surface area (Å²) in [6.07, 6.45) is 0. The van der Waals surface area contributed by atoms with Crippen LogP contribution in [-0.4, -0.2) is 12.0 Å². The SMILES string of the molecule is CNc1cccc(Nc2cc(F)ccc2F)n1. The number of rotatable bonds is 3. The van der Waals surface area contributed by atoms with Crippen molar-refractivity contribution in [3.05, 3.63) is 48.0 Å². The van der Waals surface area contributed by atoms with E-state index in [1.165, 1.54) is 0 Å². The second-order valence-corrected chi connectivity index (χ2v) is 3.41. The molecule has 1 heterocycles. The number of nitrogens with zero attached hydrogens (tertiary/aromatic N) is 1. The van der Waals surface area contributed by atoms with E-state index in [1.807, 2.05) is 0 Å². The van der Waals surface area contributed by atoms with Gasteiger partial charge in [0.25, 0.3) is 0 Å². The molecule has 2 aromatic rings. The lowest BCUT2D eigenvalue weighted by molar-refractivity contribution is 0.603. The lowest BCUT2D eigenvalue weighted by Gasteiger charge is -2.08. The maximum atomic E-state index is 13.4. The van der Waals surface area contributed by atoms with Crippen molar-refractivity contribution in [1.29, 1.82) is 0 Å². The molecule has 0 spiro atoms. The van der Waals surface area contributed by atoms with Crippen molar-refractivity contribution in [3.8, 4) is 0 Å². The maximum Gasteiger partial charge on any atom is 0.146 e. The van der Waals surface area contributed by atoms with Crippen LogP contribution in [0.3, 0.4) is 0 Å². The zero-order valence-electron chi connectivity index (χ0n) is 9.17. The quantitative estimate of drug-likeness (QED) is 0.858. The molecule has 0 saturated carbocycles. The lowest BCUT2D eigenvalue weighted by atomic mass is 10.3. The summed E-state index contributed by atoms with van der Waals surface area (Å²) in [5.74, 6) is 0.0647. The molecule has 2 rings (SSSR count). The molecule has 0 atom stereocenters. The number of nitrogens with one attached hydrogen (secondary N) is 2. The van der Waals surface area contributed by atoms with Crippen LogP contribution in [0, 0.1) is 11.6 Å². The van der Waals surface area contributed by atoms with Gasteiger partial charge in [0.2, 0.25) is 0 Å². The first-order chi connectivity index (χ1) is 8.19. The Morgan fingerprint density at radius 3 is 2.59 bits per heavy atom. The van der Waals surface area contributed by atoms with E-state index >= 15 is 0 Å². The van der Waals surface area contributed by atoms with Gasteiger partial charge in [0.15, 0.2) is 0 Å². The van der Waals surface area contributed by atoms with Crippen LogP contribution in [0.25, 0.3) is 0 Å². The van der Waals surface area contributed by atoms with Gasteiger partial charge in [-0.3, -0.25) is 0 Å². The topological polar surface area (TPSA) is 37.0 Å². The molecule has 0 radical (unpaired) electrons. The molecule has 2 N–H and O–H groups in total. The van der Waals surface area contributed by atoms with Crippen molar-refractivity contribution in [2.24, 2.45) is 0 Å². The first-order valence-corrected chi connectivity index (χ1v) is 5.06. The highest BCUT2D eigenvalue weighted by Gasteiger charge is 2.04. The van der Waals surface area contributed by atoms with Crippen LogP contribution in [0.1, 0.15) is 0 Å². The van der Waals surface area contributed by atoms with E-state index in [0.29, 0.717) is 11.6 Å². The second-order valence-electron chi connectivity index (χ2n) is 3.41. The zero-order chi connectivity index (χ0) is 12.3. The highest BCUT2D eigenvalue weighted by Crippen LogP contribution is 2.20. The van der Waals surface area contributed by atoms with Gasteiger partial charge in [-0.2, -0.15) is 0 Å². The largest absolute Gasteiger partial charge is 0.373 e. The number of hydrogen-bond acceptors (Lipinski definition) is 3. The Morgan fingerprint density at radius 1 is 1.06 bits per heavy atom. The third-order valence-corrected chi connectivity index (χ3v) is 2.20. The fourth-order valence-electron chi connectivity index (χ4n) is 1.37. The van der Waals surface area contributed by atoms with Crippen LogP contribution in [0.5, 0.6) is 0 Å². The first-order valence-electron chi connectivity index (χ1n) is 5.06. The van der Waals surface area contributed by atoms with Crippen molar-refractivity contribution < 1.29 is 8.78 Å². The highest BCUT2D eigenvalue weighted by molar-refractivity contribution is 5.58. The van der Waals surface area contributed by atoms with Gasteiger partial charge in [-0.15, -0.1) is 0 Å². The van der Waals surface area contributed by atoms with Crippen LogP contribution >= 0.6 is 0 Å². The van der Waals surface area contributed by atoms with Crippen molar-refractivity contribution in [3.63, 3.8) is 0 Å². The van der Waals surface area contributed by atoms with E-state index in [9.17, 15) is 8.78 Å². The molecule has 1 aromatic heterocycles. The summed E-state index contributed by atoms with van der Waals surface area (Å²) in [5.41, 5.74) is 0.0609. The fourth-order valence-corrected chi connectivity index (χ4v) is 1.37. The number of pyridine rings is 1. The summed E-state index contributed by atoms with van der Waals surface area (Å²) >= 11 is 0. The van der Waals surface area contributed by atoms with Gasteiger partial charge >= 0.3 is 0 Å². The average Bonchev–Trinajstić information content (AvgIpc) is 2.34. The monoisotopic (exact) mass is 235 g/mol. The molecule has 0 aliphatic heterocycles. The van der Waals surface area contributed by atoms with Crippen molar-refractivity contribution >= 4 is 17.3 Å². The molecule has 88 valence electrons. The Balaban J connectivity index is 2.27. The maximum absolute atomic E-state index is 13.4. The van der Waals surface area contributed by atoms with Crippen molar-refractivity contribution in [2.45, 2.75) is 0 Å². The van der Waals surface area contributed by atoms with E-state index in [1.54, 1.807) is 25.2 Å². The molecule has 1 aromatic carbocycles. The van der Waals surface area contributed by atoms with E-state index < -0.39 is 11.6 Å². The molecular weight excluding hydrogens is 224 g/mol. The lowest BCUT2D eigenvalue weighted by Crippen LogP contribution is -1.99. The normalized spacial score (nSPS) is 10.1. The summed E-state index contributed by atoms with van der Waals surface area (Å²) in [6, 6.07) is 8.43. The van der Waals surface area contributed by atoms with E-state index in [0.717, 1.165) is 18.2 Å². The Hall–Kier alpha value is -2.17. The predicted octanol–water partition coefficient (Wildman–Crippen LogP) is 3.15. The summed E-state index contributed by atoms with van der Waals surface area (Å²) in [5, 5.41) is 5.58. The van der Waals surface area contributed by atoms with E-state index in [2.05, 4.69) is 15.6 Å². The highest BCUT2D eigenvalue weighted by atomic mass is 19.1. The molecule has 0 fully saturated rings. The van der Waals surface area contributed by atoms with Gasteiger partial charge in [0.05, 0.1) is 5.69 Å². The Kier molecular flexibility index (Phi) is 3.18.